The number of piperidine rings is 1. The van der Waals surface area contributed by atoms with Gasteiger partial charge in [-0.15, -0.1) is 0 Å². The second-order valence-electron chi connectivity index (χ2n) is 4.77. The van der Waals surface area contributed by atoms with E-state index in [0.717, 1.165) is 26.1 Å². The van der Waals surface area contributed by atoms with Crippen molar-refractivity contribution in [3.8, 4) is 6.07 Å². The van der Waals surface area contributed by atoms with Crippen LogP contribution in [0.3, 0.4) is 0 Å². The molecule has 0 amide bonds. The maximum absolute atomic E-state index is 13.2. The molecule has 0 radical (unpaired) electrons. The molecular weight excluding hydrogens is 229 g/mol. The lowest BCUT2D eigenvalue weighted by atomic mass is 9.96. The monoisotopic (exact) mass is 247 g/mol. The molecule has 1 fully saturated rings. The van der Waals surface area contributed by atoms with Crippen molar-refractivity contribution < 1.29 is 4.39 Å². The number of hydrogen-bond donors (Lipinski definition) is 2. The van der Waals surface area contributed by atoms with Crippen molar-refractivity contribution in [2.24, 2.45) is 5.92 Å². The van der Waals surface area contributed by atoms with Gasteiger partial charge in [-0.2, -0.15) is 5.26 Å². The lowest BCUT2D eigenvalue weighted by molar-refractivity contribution is 0.364. The highest BCUT2D eigenvalue weighted by atomic mass is 19.1. The van der Waals surface area contributed by atoms with Gasteiger partial charge in [0, 0.05) is 12.2 Å². The summed E-state index contributed by atoms with van der Waals surface area (Å²) in [5.41, 5.74) is 1.05. The predicted octanol–water partition coefficient (Wildman–Crippen LogP) is 2.50. The number of benzene rings is 1. The van der Waals surface area contributed by atoms with E-state index < -0.39 is 0 Å². The maximum atomic E-state index is 13.2. The first-order chi connectivity index (χ1) is 8.78. The summed E-state index contributed by atoms with van der Waals surface area (Å²) in [6.07, 6.45) is 3.58. The van der Waals surface area contributed by atoms with E-state index in [1.54, 1.807) is 6.07 Å². The number of nitrogens with zero attached hydrogens (tertiary/aromatic N) is 1. The summed E-state index contributed by atoms with van der Waals surface area (Å²) >= 11 is 0. The highest BCUT2D eigenvalue weighted by molar-refractivity contribution is 5.49. The summed E-state index contributed by atoms with van der Waals surface area (Å²) in [5.74, 6) is 0.339. The van der Waals surface area contributed by atoms with Crippen LogP contribution in [0.5, 0.6) is 0 Å². The summed E-state index contributed by atoms with van der Waals surface area (Å²) in [6.45, 7) is 3.02. The van der Waals surface area contributed by atoms with E-state index in [9.17, 15) is 4.39 Å². The van der Waals surface area contributed by atoms with Crippen molar-refractivity contribution in [2.75, 3.05) is 25.0 Å². The van der Waals surface area contributed by atoms with Gasteiger partial charge in [-0.3, -0.25) is 0 Å². The average Bonchev–Trinajstić information content (AvgIpc) is 2.39. The number of hydrogen-bond acceptors (Lipinski definition) is 3. The number of rotatable bonds is 4. The molecule has 1 aliphatic rings. The van der Waals surface area contributed by atoms with Crippen LogP contribution in [0, 0.1) is 23.1 Å². The summed E-state index contributed by atoms with van der Waals surface area (Å²) in [4.78, 5) is 0. The van der Waals surface area contributed by atoms with Crippen molar-refractivity contribution >= 4 is 5.69 Å². The van der Waals surface area contributed by atoms with Crippen molar-refractivity contribution in [3.63, 3.8) is 0 Å². The van der Waals surface area contributed by atoms with Gasteiger partial charge >= 0.3 is 0 Å². The molecule has 0 spiro atoms. The van der Waals surface area contributed by atoms with Gasteiger partial charge < -0.3 is 10.6 Å². The van der Waals surface area contributed by atoms with E-state index in [-0.39, 0.29) is 5.82 Å². The summed E-state index contributed by atoms with van der Waals surface area (Å²) in [5, 5.41) is 15.3. The lowest BCUT2D eigenvalue weighted by Crippen LogP contribution is -2.30. The third-order valence-electron chi connectivity index (χ3n) is 3.31. The molecule has 0 saturated carbocycles. The highest BCUT2D eigenvalue weighted by Crippen LogP contribution is 2.16. The molecule has 1 aliphatic heterocycles. The van der Waals surface area contributed by atoms with Crippen LogP contribution in [0.15, 0.2) is 18.2 Å². The molecule has 2 N–H and O–H groups in total. The molecule has 0 bridgehead atoms. The topological polar surface area (TPSA) is 47.9 Å². The van der Waals surface area contributed by atoms with Crippen LogP contribution in [0.4, 0.5) is 10.1 Å². The van der Waals surface area contributed by atoms with Gasteiger partial charge in [-0.25, -0.2) is 4.39 Å². The molecule has 1 heterocycles. The molecule has 1 saturated heterocycles. The smallest absolute Gasteiger partial charge is 0.126 e. The van der Waals surface area contributed by atoms with Crippen molar-refractivity contribution in [2.45, 2.75) is 19.3 Å². The second-order valence-corrected chi connectivity index (χ2v) is 4.77. The van der Waals surface area contributed by atoms with Gasteiger partial charge in [0.15, 0.2) is 0 Å². The van der Waals surface area contributed by atoms with Crippen LogP contribution in [0.1, 0.15) is 24.8 Å². The molecule has 1 aromatic rings. The van der Waals surface area contributed by atoms with Crippen molar-refractivity contribution in [1.82, 2.24) is 5.32 Å². The normalized spacial score (nSPS) is 19.2. The molecule has 18 heavy (non-hydrogen) atoms. The minimum Gasteiger partial charge on any atom is -0.385 e. The van der Waals surface area contributed by atoms with E-state index >= 15 is 0 Å². The molecule has 1 aromatic carbocycles. The van der Waals surface area contributed by atoms with Gasteiger partial charge in [-0.1, -0.05) is 0 Å². The van der Waals surface area contributed by atoms with Gasteiger partial charge in [-0.05, 0) is 56.5 Å². The molecular formula is C14H18FN3. The maximum Gasteiger partial charge on any atom is 0.126 e. The first-order valence-corrected chi connectivity index (χ1v) is 6.43. The Morgan fingerprint density at radius 2 is 2.33 bits per heavy atom. The summed E-state index contributed by atoms with van der Waals surface area (Å²) < 4.78 is 13.2. The van der Waals surface area contributed by atoms with E-state index in [2.05, 4.69) is 10.6 Å². The van der Waals surface area contributed by atoms with E-state index in [1.807, 2.05) is 6.07 Å². The van der Waals surface area contributed by atoms with E-state index in [4.69, 9.17) is 5.26 Å². The molecule has 4 heteroatoms. The number of halogens is 1. The van der Waals surface area contributed by atoms with Gasteiger partial charge in [0.25, 0.3) is 0 Å². The van der Waals surface area contributed by atoms with Gasteiger partial charge in [0.1, 0.15) is 5.82 Å². The number of nitrogens with one attached hydrogen (secondary N) is 2. The Kier molecular flexibility index (Phi) is 4.54. The molecule has 2 rings (SSSR count). The number of nitriles is 1. The highest BCUT2D eigenvalue weighted by Gasteiger charge is 2.12. The molecule has 0 aliphatic carbocycles. The largest absolute Gasteiger partial charge is 0.385 e. The molecule has 96 valence electrons. The van der Waals surface area contributed by atoms with Crippen LogP contribution >= 0.6 is 0 Å². The SMILES string of the molecule is N#Cc1cc(F)cc(NCCC2CCCNC2)c1. The predicted molar refractivity (Wildman–Crippen MR) is 69.8 cm³/mol. The quantitative estimate of drug-likeness (QED) is 0.859. The first kappa shape index (κ1) is 12.8. The van der Waals surface area contributed by atoms with Gasteiger partial charge in [0.05, 0.1) is 11.6 Å². The van der Waals surface area contributed by atoms with Crippen molar-refractivity contribution in [3.05, 3.63) is 29.6 Å². The Morgan fingerprint density at radius 1 is 1.44 bits per heavy atom. The third kappa shape index (κ3) is 3.71. The Hall–Kier alpha value is -1.60. The third-order valence-corrected chi connectivity index (χ3v) is 3.31. The summed E-state index contributed by atoms with van der Waals surface area (Å²) in [7, 11) is 0. The van der Waals surface area contributed by atoms with Crippen LogP contribution in [-0.4, -0.2) is 19.6 Å². The fourth-order valence-electron chi connectivity index (χ4n) is 2.35. The standard InChI is InChI=1S/C14H18FN3/c15-13-6-12(9-16)7-14(8-13)18-5-3-11-2-1-4-17-10-11/h6-8,11,17-18H,1-5,10H2. The van der Waals surface area contributed by atoms with Crippen LogP contribution in [-0.2, 0) is 0 Å². The minimum atomic E-state index is -0.365. The Bertz CT molecular complexity index is 433. The fourth-order valence-corrected chi connectivity index (χ4v) is 2.35. The molecule has 1 atom stereocenters. The second kappa shape index (κ2) is 6.36. The zero-order valence-corrected chi connectivity index (χ0v) is 10.4. The van der Waals surface area contributed by atoms with E-state index in [0.29, 0.717) is 17.2 Å². The van der Waals surface area contributed by atoms with Crippen molar-refractivity contribution in [1.29, 1.82) is 5.26 Å². The Balaban J connectivity index is 1.82. The minimum absolute atomic E-state index is 0.358. The molecule has 1 unspecified atom stereocenters. The lowest BCUT2D eigenvalue weighted by Gasteiger charge is -2.22. The first-order valence-electron chi connectivity index (χ1n) is 6.43. The fraction of sp³-hybridized carbons (Fsp3) is 0.500. The zero-order valence-electron chi connectivity index (χ0n) is 10.4. The molecule has 0 aromatic heterocycles. The average molecular weight is 247 g/mol. The zero-order chi connectivity index (χ0) is 12.8. The number of anilines is 1. The van der Waals surface area contributed by atoms with Crippen LogP contribution in [0.2, 0.25) is 0 Å². The van der Waals surface area contributed by atoms with Gasteiger partial charge in [0.2, 0.25) is 0 Å². The van der Waals surface area contributed by atoms with E-state index in [1.165, 1.54) is 25.0 Å². The summed E-state index contributed by atoms with van der Waals surface area (Å²) in [6, 6.07) is 6.32. The Morgan fingerprint density at radius 3 is 3.06 bits per heavy atom. The van der Waals surface area contributed by atoms with Crippen LogP contribution < -0.4 is 10.6 Å². The Labute approximate surface area is 107 Å². The van der Waals surface area contributed by atoms with Crippen LogP contribution in [0.25, 0.3) is 0 Å². The molecule has 3 nitrogen and oxygen atoms in total.